The maximum Gasteiger partial charge on any atom is 0.314 e. The molecule has 0 spiro atoms. The van der Waals surface area contributed by atoms with Gasteiger partial charge >= 0.3 is 5.71 Å². The Kier molecular flexibility index (Phi) is 9.03. The van der Waals surface area contributed by atoms with Gasteiger partial charge in [0.1, 0.15) is 6.23 Å². The topological polar surface area (TPSA) is 59.9 Å². The van der Waals surface area contributed by atoms with Crippen LogP contribution >= 0.6 is 12.4 Å². The summed E-state index contributed by atoms with van der Waals surface area (Å²) < 4.78 is 0. The van der Waals surface area contributed by atoms with Crippen LogP contribution in [0.2, 0.25) is 0 Å². The van der Waals surface area contributed by atoms with Gasteiger partial charge in [-0.2, -0.15) is 4.79 Å². The van der Waals surface area contributed by atoms with Gasteiger partial charge in [0.2, 0.25) is 0 Å². The van der Waals surface area contributed by atoms with Gasteiger partial charge in [-0.05, 0) is 14.0 Å². The molecule has 6 heteroatoms. The largest absolute Gasteiger partial charge is 0.379 e. The second kappa shape index (κ2) is 7.92. The van der Waals surface area contributed by atoms with E-state index in [4.69, 9.17) is 5.53 Å². The Labute approximate surface area is 108 Å². The zero-order chi connectivity index (χ0) is 9.84. The molecule has 4 nitrogen and oxygen atoms in total. The van der Waals surface area contributed by atoms with Gasteiger partial charge in [-0.3, -0.25) is 4.90 Å². The van der Waals surface area contributed by atoms with E-state index in [1.807, 2.05) is 19.2 Å². The number of halogens is 1. The molecule has 0 aromatic rings. The average molecular weight is 281 g/mol. The minimum atomic E-state index is -0.494. The van der Waals surface area contributed by atoms with Crippen molar-refractivity contribution in [3.63, 3.8) is 0 Å². The first-order chi connectivity index (χ1) is 6.15. The predicted octanol–water partition coefficient (Wildman–Crippen LogP) is 0.841. The third-order valence-corrected chi connectivity index (χ3v) is 2.10. The van der Waals surface area contributed by atoms with E-state index < -0.39 is 6.23 Å². The summed E-state index contributed by atoms with van der Waals surface area (Å²) in [6.07, 6.45) is 6.66. The van der Waals surface area contributed by atoms with Gasteiger partial charge in [-0.15, -0.1) is 12.4 Å². The Morgan fingerprint density at radius 2 is 1.93 bits per heavy atom. The van der Waals surface area contributed by atoms with E-state index in [-0.39, 0.29) is 37.9 Å². The first-order valence-corrected chi connectivity index (χ1v) is 4.13. The van der Waals surface area contributed by atoms with Crippen LogP contribution in [0.3, 0.4) is 0 Å². The first kappa shape index (κ1) is 17.1. The maximum atomic E-state index is 9.27. The Hall–Kier alpha value is -0.307. The Balaban J connectivity index is 0. The summed E-state index contributed by atoms with van der Waals surface area (Å²) in [5, 5.41) is 9.27. The molecule has 0 aromatic heterocycles. The summed E-state index contributed by atoms with van der Waals surface area (Å²) >= 11 is 0. The van der Waals surface area contributed by atoms with Crippen LogP contribution in [0.4, 0.5) is 0 Å². The van der Waals surface area contributed by atoms with Gasteiger partial charge in [0.25, 0.3) is 0 Å². The average Bonchev–Trinajstić information content (AvgIpc) is 2.17. The van der Waals surface area contributed by atoms with Crippen molar-refractivity contribution in [1.29, 1.82) is 0 Å². The minimum absolute atomic E-state index is 0. The molecule has 1 unspecified atom stereocenters. The number of hydrogen-bond acceptors (Lipinski definition) is 2. The molecule has 1 rings (SSSR count). The van der Waals surface area contributed by atoms with Crippen molar-refractivity contribution in [3.8, 4) is 0 Å². The van der Waals surface area contributed by atoms with E-state index in [0.29, 0.717) is 5.71 Å². The van der Waals surface area contributed by atoms with Crippen LogP contribution in [0.5, 0.6) is 0 Å². The molecule has 0 radical (unpaired) electrons. The molecule has 0 heterocycles. The van der Waals surface area contributed by atoms with Crippen LogP contribution in [0, 0.1) is 0 Å². The van der Waals surface area contributed by atoms with Gasteiger partial charge < -0.3 is 10.6 Å². The number of nitrogens with zero attached hydrogens (tertiary/aromatic N) is 3. The van der Waals surface area contributed by atoms with E-state index >= 15 is 0 Å². The zero-order valence-corrected chi connectivity index (χ0v) is 12.7. The summed E-state index contributed by atoms with van der Waals surface area (Å²) in [5.41, 5.74) is 8.97. The van der Waals surface area contributed by atoms with Gasteiger partial charge in [0, 0.05) is 37.7 Å². The second-order valence-electron chi connectivity index (χ2n) is 3.03. The minimum Gasteiger partial charge on any atom is -0.379 e. The van der Waals surface area contributed by atoms with Gasteiger partial charge in [-0.25, -0.2) is 0 Å². The van der Waals surface area contributed by atoms with Gasteiger partial charge in [-0.1, -0.05) is 12.2 Å². The zero-order valence-electron chi connectivity index (χ0n) is 8.87. The second-order valence-corrected chi connectivity index (χ2v) is 3.03. The van der Waals surface area contributed by atoms with Crippen molar-refractivity contribution < 1.29 is 29.4 Å². The van der Waals surface area contributed by atoms with Crippen LogP contribution in [-0.4, -0.2) is 39.8 Å². The predicted molar refractivity (Wildman–Crippen MR) is 57.4 cm³/mol. The van der Waals surface area contributed by atoms with Crippen molar-refractivity contribution in [2.75, 3.05) is 7.05 Å². The fraction of sp³-hybridized carbons (Fsp3) is 0.444. The molecule has 1 atom stereocenters. The van der Waals surface area contributed by atoms with Crippen LogP contribution < -0.4 is 0 Å². The molecule has 0 aromatic carbocycles. The van der Waals surface area contributed by atoms with Gasteiger partial charge in [0.05, 0.1) is 0 Å². The molecule has 80 valence electrons. The fourth-order valence-corrected chi connectivity index (χ4v) is 1.10. The molecular formula is C9H14ClN3OZn. The molecule has 1 N–H and O–H groups in total. The fourth-order valence-electron chi connectivity index (χ4n) is 1.10. The van der Waals surface area contributed by atoms with Crippen molar-refractivity contribution in [1.82, 2.24) is 4.90 Å². The van der Waals surface area contributed by atoms with Crippen LogP contribution in [0.1, 0.15) is 6.92 Å². The van der Waals surface area contributed by atoms with Crippen LogP contribution in [0.15, 0.2) is 24.3 Å². The van der Waals surface area contributed by atoms with E-state index in [2.05, 4.69) is 4.79 Å². The number of aliphatic hydroxyl groups excluding tert-OH is 1. The molecule has 15 heavy (non-hydrogen) atoms. The molecule has 0 amide bonds. The third-order valence-electron chi connectivity index (χ3n) is 2.10. The van der Waals surface area contributed by atoms with E-state index in [0.717, 1.165) is 0 Å². The maximum absolute atomic E-state index is 9.27. The Bertz CT molecular complexity index is 282. The molecule has 0 aliphatic heterocycles. The van der Waals surface area contributed by atoms with E-state index in [1.165, 1.54) is 0 Å². The van der Waals surface area contributed by atoms with E-state index in [9.17, 15) is 5.11 Å². The molecular weight excluding hydrogens is 267 g/mol. The number of likely N-dealkylation sites (N-methyl/N-ethyl adjacent to an activating group) is 1. The molecule has 1 aliphatic rings. The van der Waals surface area contributed by atoms with Crippen LogP contribution in [0.25, 0.3) is 5.53 Å². The Morgan fingerprint density at radius 1 is 1.47 bits per heavy atom. The van der Waals surface area contributed by atoms with Crippen molar-refractivity contribution in [2.45, 2.75) is 19.2 Å². The van der Waals surface area contributed by atoms with Crippen molar-refractivity contribution in [3.05, 3.63) is 29.8 Å². The summed E-state index contributed by atoms with van der Waals surface area (Å²) in [5.74, 6) is 0. The van der Waals surface area contributed by atoms with E-state index in [1.54, 1.807) is 24.0 Å². The quantitative estimate of drug-likeness (QED) is 0.353. The Morgan fingerprint density at radius 3 is 2.27 bits per heavy atom. The van der Waals surface area contributed by atoms with Crippen LogP contribution in [-0.2, 0) is 19.5 Å². The molecule has 0 saturated carbocycles. The van der Waals surface area contributed by atoms with Gasteiger partial charge in [0.15, 0.2) is 0 Å². The van der Waals surface area contributed by atoms with Crippen molar-refractivity contribution in [2.24, 2.45) is 0 Å². The molecule has 1 aliphatic carbocycles. The number of allylic oxidation sites excluding steroid dienone is 2. The monoisotopic (exact) mass is 279 g/mol. The third kappa shape index (κ3) is 4.83. The summed E-state index contributed by atoms with van der Waals surface area (Å²) in [6, 6.07) is 0.0606. The number of hydrogen-bond donors (Lipinski definition) is 1. The molecule has 0 fully saturated rings. The first-order valence-electron chi connectivity index (χ1n) is 4.13. The molecule has 0 saturated heterocycles. The summed E-state index contributed by atoms with van der Waals surface area (Å²) in [6.45, 7) is 1.71. The standard InChI is InChI=1S/C9H13N3O.ClH.Zn/c1-7(13)12(2)9-5-3-8(11-10)4-6-9;;/h3-7,9,13H,1-2H3;1H;. The normalized spacial score (nSPS) is 20.3. The summed E-state index contributed by atoms with van der Waals surface area (Å²) in [4.78, 5) is 4.84. The smallest absolute Gasteiger partial charge is 0.314 e. The number of aliphatic hydroxyl groups is 1. The summed E-state index contributed by atoms with van der Waals surface area (Å²) in [7, 11) is 1.82. The van der Waals surface area contributed by atoms with Crippen molar-refractivity contribution >= 4 is 18.1 Å². The SMILES string of the molecule is CC(O)N(C)C1C=CC(=[N+]=[N-])C=C1.Cl.[Zn]. The molecule has 0 bridgehead atoms. The number of rotatable bonds is 2.